The van der Waals surface area contributed by atoms with Crippen molar-refractivity contribution in [1.29, 1.82) is 0 Å². The van der Waals surface area contributed by atoms with E-state index >= 15 is 0 Å². The average molecular weight is 347 g/mol. The Morgan fingerprint density at radius 1 is 1.33 bits per heavy atom. The van der Waals surface area contributed by atoms with Crippen LogP contribution in [0.25, 0.3) is 16.8 Å². The molecule has 8 heteroatoms. The largest absolute Gasteiger partial charge is 0.478 e. The number of halogens is 2. The van der Waals surface area contributed by atoms with Crippen LogP contribution in [-0.2, 0) is 6.42 Å². The second-order valence-corrected chi connectivity index (χ2v) is 5.36. The molecule has 0 spiro atoms. The molecule has 3 rings (SSSR count). The Morgan fingerprint density at radius 2 is 2.04 bits per heavy atom. The fourth-order valence-electron chi connectivity index (χ4n) is 2.41. The lowest BCUT2D eigenvalue weighted by atomic mass is 10.0. The summed E-state index contributed by atoms with van der Waals surface area (Å²) >= 11 is 6.15. The van der Waals surface area contributed by atoms with Gasteiger partial charge < -0.3 is 5.11 Å². The van der Waals surface area contributed by atoms with Gasteiger partial charge in [-0.2, -0.15) is 4.68 Å². The number of benzene rings is 2. The van der Waals surface area contributed by atoms with Crippen molar-refractivity contribution < 1.29 is 14.3 Å². The fourth-order valence-corrected chi connectivity index (χ4v) is 2.70. The third-order valence-corrected chi connectivity index (χ3v) is 3.94. The molecule has 6 nitrogen and oxygen atoms in total. The Labute approximate surface area is 141 Å². The highest BCUT2D eigenvalue weighted by Gasteiger charge is 2.25. The van der Waals surface area contributed by atoms with Gasteiger partial charge in [0.25, 0.3) is 0 Å². The van der Waals surface area contributed by atoms with E-state index in [1.54, 1.807) is 30.3 Å². The molecule has 0 aliphatic heterocycles. The summed E-state index contributed by atoms with van der Waals surface area (Å²) < 4.78 is 16.1. The van der Waals surface area contributed by atoms with E-state index in [4.69, 9.17) is 11.6 Å². The van der Waals surface area contributed by atoms with E-state index in [9.17, 15) is 14.3 Å². The summed E-state index contributed by atoms with van der Waals surface area (Å²) in [6, 6.07) is 10.1. The van der Waals surface area contributed by atoms with E-state index in [-0.39, 0.29) is 16.3 Å². The number of carboxylic acids is 1. The van der Waals surface area contributed by atoms with Crippen LogP contribution in [0.1, 0.15) is 23.1 Å². The molecule has 0 aliphatic rings. The molecule has 1 aromatic heterocycles. The standard InChI is InChI=1S/C16H12ClFN4O2/c1-2-12-19-20-21-22(12)11-8-10(9-6-4-3-5-7-9)15(18)13(14(11)17)16(23)24/h3-8H,2H2,1H3,(H,23,24). The van der Waals surface area contributed by atoms with E-state index in [1.807, 2.05) is 6.92 Å². The van der Waals surface area contributed by atoms with Gasteiger partial charge in [0.15, 0.2) is 5.82 Å². The number of nitrogens with zero attached hydrogens (tertiary/aromatic N) is 4. The summed E-state index contributed by atoms with van der Waals surface area (Å²) in [6.07, 6.45) is 0.504. The molecular weight excluding hydrogens is 335 g/mol. The molecule has 122 valence electrons. The first kappa shape index (κ1) is 16.1. The zero-order chi connectivity index (χ0) is 17.3. The SMILES string of the molecule is CCc1nnnn1-c1cc(-c2ccccc2)c(F)c(C(=O)O)c1Cl. The summed E-state index contributed by atoms with van der Waals surface area (Å²) in [6.45, 7) is 1.84. The number of aromatic nitrogens is 4. The summed E-state index contributed by atoms with van der Waals surface area (Å²) in [5.74, 6) is -1.87. The van der Waals surface area contributed by atoms with Crippen molar-refractivity contribution in [3.63, 3.8) is 0 Å². The molecule has 1 N–H and O–H groups in total. The van der Waals surface area contributed by atoms with Crippen LogP contribution < -0.4 is 0 Å². The number of hydrogen-bond donors (Lipinski definition) is 1. The number of tetrazole rings is 1. The first-order valence-electron chi connectivity index (χ1n) is 7.13. The monoisotopic (exact) mass is 346 g/mol. The van der Waals surface area contributed by atoms with E-state index in [1.165, 1.54) is 10.7 Å². The van der Waals surface area contributed by atoms with Crippen LogP contribution in [0, 0.1) is 5.82 Å². The van der Waals surface area contributed by atoms with Crippen LogP contribution in [-0.4, -0.2) is 31.3 Å². The highest BCUT2D eigenvalue weighted by atomic mass is 35.5. The second kappa shape index (κ2) is 6.37. The molecule has 0 saturated heterocycles. The summed E-state index contributed by atoms with van der Waals surface area (Å²) in [5, 5.41) is 20.4. The lowest BCUT2D eigenvalue weighted by Crippen LogP contribution is -2.10. The first-order chi connectivity index (χ1) is 11.5. The highest BCUT2D eigenvalue weighted by Crippen LogP contribution is 2.34. The molecule has 0 amide bonds. The zero-order valence-electron chi connectivity index (χ0n) is 12.6. The van der Waals surface area contributed by atoms with Gasteiger partial charge in [0, 0.05) is 12.0 Å². The van der Waals surface area contributed by atoms with Crippen molar-refractivity contribution in [2.45, 2.75) is 13.3 Å². The first-order valence-corrected chi connectivity index (χ1v) is 7.50. The van der Waals surface area contributed by atoms with Crippen LogP contribution in [0.5, 0.6) is 0 Å². The maximum Gasteiger partial charge on any atom is 0.340 e. The van der Waals surface area contributed by atoms with Gasteiger partial charge in [0.2, 0.25) is 0 Å². The van der Waals surface area contributed by atoms with Crippen LogP contribution in [0.4, 0.5) is 4.39 Å². The number of rotatable bonds is 4. The van der Waals surface area contributed by atoms with Crippen LogP contribution >= 0.6 is 11.6 Å². The molecule has 1 heterocycles. The molecular formula is C16H12ClFN4O2. The third kappa shape index (κ3) is 2.63. The normalized spacial score (nSPS) is 10.8. The van der Waals surface area contributed by atoms with Crippen molar-refractivity contribution >= 4 is 17.6 Å². The lowest BCUT2D eigenvalue weighted by Gasteiger charge is -2.13. The second-order valence-electron chi connectivity index (χ2n) is 4.98. The minimum Gasteiger partial charge on any atom is -0.478 e. The summed E-state index contributed by atoms with van der Waals surface area (Å²) in [4.78, 5) is 11.5. The molecule has 0 atom stereocenters. The molecule has 0 bridgehead atoms. The van der Waals surface area contributed by atoms with Gasteiger partial charge in [0.05, 0.1) is 10.7 Å². The predicted molar refractivity (Wildman–Crippen MR) is 85.9 cm³/mol. The smallest absolute Gasteiger partial charge is 0.340 e. The molecule has 24 heavy (non-hydrogen) atoms. The average Bonchev–Trinajstić information content (AvgIpc) is 3.04. The number of aromatic carboxylic acids is 1. The lowest BCUT2D eigenvalue weighted by molar-refractivity contribution is 0.0692. The van der Waals surface area contributed by atoms with E-state index in [0.717, 1.165) is 0 Å². The molecule has 2 aromatic carbocycles. The Kier molecular flexibility index (Phi) is 4.26. The number of carboxylic acid groups (broad SMARTS) is 1. The zero-order valence-corrected chi connectivity index (χ0v) is 13.3. The van der Waals surface area contributed by atoms with Crippen molar-refractivity contribution in [1.82, 2.24) is 20.2 Å². The fraction of sp³-hybridized carbons (Fsp3) is 0.125. The van der Waals surface area contributed by atoms with E-state index in [0.29, 0.717) is 17.8 Å². The quantitative estimate of drug-likeness (QED) is 0.783. The van der Waals surface area contributed by atoms with E-state index < -0.39 is 17.3 Å². The van der Waals surface area contributed by atoms with Crippen LogP contribution in [0.15, 0.2) is 36.4 Å². The molecule has 0 radical (unpaired) electrons. The van der Waals surface area contributed by atoms with Gasteiger partial charge >= 0.3 is 5.97 Å². The van der Waals surface area contributed by atoms with E-state index in [2.05, 4.69) is 15.5 Å². The van der Waals surface area contributed by atoms with Gasteiger partial charge in [-0.3, -0.25) is 0 Å². The Hall–Kier alpha value is -2.80. The minimum atomic E-state index is -1.46. The van der Waals surface area contributed by atoms with Gasteiger partial charge in [-0.25, -0.2) is 9.18 Å². The molecule has 0 saturated carbocycles. The van der Waals surface area contributed by atoms with Crippen LogP contribution in [0.3, 0.4) is 0 Å². The molecule has 0 unspecified atom stereocenters. The van der Waals surface area contributed by atoms with Crippen molar-refractivity contribution in [2.24, 2.45) is 0 Å². The highest BCUT2D eigenvalue weighted by molar-refractivity contribution is 6.35. The summed E-state index contributed by atoms with van der Waals surface area (Å²) in [7, 11) is 0. The number of carbonyl (C=O) groups is 1. The van der Waals surface area contributed by atoms with Gasteiger partial charge in [0.1, 0.15) is 11.4 Å². The Bertz CT molecular complexity index is 912. The van der Waals surface area contributed by atoms with Gasteiger partial charge in [-0.1, -0.05) is 48.9 Å². The third-order valence-electron chi connectivity index (χ3n) is 3.56. The predicted octanol–water partition coefficient (Wildman–Crippen LogP) is 3.38. The minimum absolute atomic E-state index is 0.116. The maximum atomic E-state index is 14.7. The number of hydrogen-bond acceptors (Lipinski definition) is 4. The topological polar surface area (TPSA) is 80.9 Å². The Balaban J connectivity index is 2.35. The van der Waals surface area contributed by atoms with Crippen LogP contribution in [0.2, 0.25) is 5.02 Å². The van der Waals surface area contributed by atoms with Gasteiger partial charge in [-0.15, -0.1) is 5.10 Å². The molecule has 0 aliphatic carbocycles. The molecule has 3 aromatic rings. The summed E-state index contributed by atoms with van der Waals surface area (Å²) in [5.41, 5.74) is 0.258. The van der Waals surface area contributed by atoms with Crippen molar-refractivity contribution in [3.05, 3.63) is 58.6 Å². The van der Waals surface area contributed by atoms with Gasteiger partial charge in [-0.05, 0) is 22.1 Å². The maximum absolute atomic E-state index is 14.7. The van der Waals surface area contributed by atoms with Crippen molar-refractivity contribution in [3.8, 4) is 16.8 Å². The molecule has 0 fully saturated rings. The Morgan fingerprint density at radius 3 is 2.67 bits per heavy atom. The van der Waals surface area contributed by atoms with Crippen molar-refractivity contribution in [2.75, 3.05) is 0 Å². The number of aryl methyl sites for hydroxylation is 1.